The number of hydrogen-bond donors (Lipinski definition) is 1. The van der Waals surface area contributed by atoms with Crippen LogP contribution in [0.1, 0.15) is 79.1 Å². The Bertz CT molecular complexity index is 372. The Morgan fingerprint density at radius 1 is 1.04 bits per heavy atom. The predicted molar refractivity (Wildman–Crippen MR) is 94.6 cm³/mol. The number of nitrogens with zero attached hydrogens (tertiary/aromatic N) is 1. The molecule has 0 spiro atoms. The second-order valence-electron chi connectivity index (χ2n) is 8.45. The van der Waals surface area contributed by atoms with Gasteiger partial charge < -0.3 is 15.0 Å². The molecule has 1 aliphatic heterocycles. The Balaban J connectivity index is 1.78. The number of likely N-dealkylation sites (tertiary alicyclic amines) is 1. The van der Waals surface area contributed by atoms with Gasteiger partial charge in [-0.25, -0.2) is 4.79 Å². The molecule has 1 N–H and O–H groups in total. The third kappa shape index (κ3) is 6.33. The molecule has 4 heteroatoms. The van der Waals surface area contributed by atoms with E-state index >= 15 is 0 Å². The number of nitrogens with one attached hydrogen (secondary N) is 1. The molecule has 0 aromatic heterocycles. The summed E-state index contributed by atoms with van der Waals surface area (Å²) >= 11 is 0. The highest BCUT2D eigenvalue weighted by Crippen LogP contribution is 2.27. The summed E-state index contributed by atoms with van der Waals surface area (Å²) in [5.74, 6) is 0.842. The fraction of sp³-hybridized carbons (Fsp3) is 0.947. The van der Waals surface area contributed by atoms with Crippen molar-refractivity contribution in [2.75, 3.05) is 13.1 Å². The van der Waals surface area contributed by atoms with E-state index in [1.54, 1.807) is 0 Å². The Morgan fingerprint density at radius 2 is 1.74 bits per heavy atom. The SMILES string of the molecule is CC(NC1CCCN(C(=O)OC(C)(C)C)CC1)C1CCCCC1. The second kappa shape index (κ2) is 8.36. The van der Waals surface area contributed by atoms with Gasteiger partial charge in [0.05, 0.1) is 0 Å². The summed E-state index contributed by atoms with van der Waals surface area (Å²) in [5, 5.41) is 3.86. The van der Waals surface area contributed by atoms with E-state index in [4.69, 9.17) is 4.74 Å². The van der Waals surface area contributed by atoms with Crippen LogP contribution in [0, 0.1) is 5.92 Å². The molecule has 0 aromatic rings. The zero-order valence-corrected chi connectivity index (χ0v) is 15.6. The molecule has 0 aromatic carbocycles. The van der Waals surface area contributed by atoms with Crippen molar-refractivity contribution in [2.24, 2.45) is 5.92 Å². The summed E-state index contributed by atoms with van der Waals surface area (Å²) in [6.45, 7) is 9.78. The molecule has 2 aliphatic rings. The van der Waals surface area contributed by atoms with Gasteiger partial charge in [0.2, 0.25) is 0 Å². The summed E-state index contributed by atoms with van der Waals surface area (Å²) in [7, 11) is 0. The van der Waals surface area contributed by atoms with E-state index in [0.29, 0.717) is 12.1 Å². The third-order valence-corrected chi connectivity index (χ3v) is 5.24. The number of amides is 1. The van der Waals surface area contributed by atoms with E-state index in [1.165, 1.54) is 32.1 Å². The van der Waals surface area contributed by atoms with Crippen LogP contribution in [0.3, 0.4) is 0 Å². The molecule has 2 atom stereocenters. The smallest absolute Gasteiger partial charge is 0.410 e. The highest BCUT2D eigenvalue weighted by molar-refractivity contribution is 5.68. The minimum Gasteiger partial charge on any atom is -0.444 e. The van der Waals surface area contributed by atoms with Gasteiger partial charge in [0.1, 0.15) is 5.60 Å². The number of hydrogen-bond acceptors (Lipinski definition) is 3. The van der Waals surface area contributed by atoms with Crippen molar-refractivity contribution in [2.45, 2.75) is 96.7 Å². The van der Waals surface area contributed by atoms with Gasteiger partial charge in [-0.05, 0) is 65.7 Å². The normalized spacial score (nSPS) is 25.7. The Morgan fingerprint density at radius 3 is 2.39 bits per heavy atom. The first-order valence-corrected chi connectivity index (χ1v) is 9.59. The molecule has 2 fully saturated rings. The molecule has 1 amide bonds. The van der Waals surface area contributed by atoms with Crippen LogP contribution in [0.25, 0.3) is 0 Å². The first-order chi connectivity index (χ1) is 10.8. The zero-order valence-electron chi connectivity index (χ0n) is 15.6. The van der Waals surface area contributed by atoms with Crippen LogP contribution in [0.2, 0.25) is 0 Å². The maximum Gasteiger partial charge on any atom is 0.410 e. The highest BCUT2D eigenvalue weighted by Gasteiger charge is 2.27. The summed E-state index contributed by atoms with van der Waals surface area (Å²) in [6.07, 6.45) is 10.1. The summed E-state index contributed by atoms with van der Waals surface area (Å²) < 4.78 is 5.51. The van der Waals surface area contributed by atoms with Gasteiger partial charge in [-0.1, -0.05) is 19.3 Å². The molecule has 23 heavy (non-hydrogen) atoms. The Kier molecular flexibility index (Phi) is 6.75. The van der Waals surface area contributed by atoms with Crippen LogP contribution in [-0.2, 0) is 4.74 Å². The minimum absolute atomic E-state index is 0.154. The van der Waals surface area contributed by atoms with Crippen LogP contribution >= 0.6 is 0 Å². The standard InChI is InChI=1S/C19H36N2O2/c1-15(16-9-6-5-7-10-16)20-17-11-8-13-21(14-12-17)18(22)23-19(2,3)4/h15-17,20H,5-14H2,1-4H3. The van der Waals surface area contributed by atoms with Gasteiger partial charge in [0.25, 0.3) is 0 Å². The van der Waals surface area contributed by atoms with Gasteiger partial charge in [-0.15, -0.1) is 0 Å². The summed E-state index contributed by atoms with van der Waals surface area (Å²) in [5.41, 5.74) is -0.406. The van der Waals surface area contributed by atoms with Crippen molar-refractivity contribution >= 4 is 6.09 Å². The second-order valence-corrected chi connectivity index (χ2v) is 8.45. The van der Waals surface area contributed by atoms with Crippen molar-refractivity contribution in [3.8, 4) is 0 Å². The molecule has 0 bridgehead atoms. The first-order valence-electron chi connectivity index (χ1n) is 9.59. The van der Waals surface area contributed by atoms with E-state index < -0.39 is 5.60 Å². The van der Waals surface area contributed by atoms with Crippen LogP contribution in [0.15, 0.2) is 0 Å². The number of carbonyl (C=O) groups excluding carboxylic acids is 1. The van der Waals surface area contributed by atoms with Crippen LogP contribution in [0.5, 0.6) is 0 Å². The lowest BCUT2D eigenvalue weighted by Crippen LogP contribution is -2.42. The summed E-state index contributed by atoms with van der Waals surface area (Å²) in [4.78, 5) is 14.1. The predicted octanol–water partition coefficient (Wildman–Crippen LogP) is 4.33. The molecule has 2 unspecified atom stereocenters. The number of carbonyl (C=O) groups is 1. The Labute approximate surface area is 142 Å². The monoisotopic (exact) mass is 324 g/mol. The van der Waals surface area contributed by atoms with Gasteiger partial charge >= 0.3 is 6.09 Å². The first kappa shape index (κ1) is 18.6. The maximum absolute atomic E-state index is 12.2. The average molecular weight is 325 g/mol. The van der Waals surface area contributed by atoms with Gasteiger partial charge in [-0.2, -0.15) is 0 Å². The van der Waals surface area contributed by atoms with Crippen LogP contribution in [0.4, 0.5) is 4.79 Å². The van der Waals surface area contributed by atoms with Gasteiger partial charge in [-0.3, -0.25) is 0 Å². The van der Waals surface area contributed by atoms with Crippen LogP contribution < -0.4 is 5.32 Å². The van der Waals surface area contributed by atoms with Crippen molar-refractivity contribution in [1.82, 2.24) is 10.2 Å². The van der Waals surface area contributed by atoms with E-state index in [2.05, 4.69) is 12.2 Å². The third-order valence-electron chi connectivity index (χ3n) is 5.24. The van der Waals surface area contributed by atoms with E-state index in [-0.39, 0.29) is 6.09 Å². The van der Waals surface area contributed by atoms with Crippen molar-refractivity contribution in [3.05, 3.63) is 0 Å². The lowest BCUT2D eigenvalue weighted by Gasteiger charge is -2.31. The fourth-order valence-corrected chi connectivity index (χ4v) is 3.91. The van der Waals surface area contributed by atoms with Gasteiger partial charge in [0.15, 0.2) is 0 Å². The quantitative estimate of drug-likeness (QED) is 0.840. The number of ether oxygens (including phenoxy) is 1. The van der Waals surface area contributed by atoms with E-state index in [9.17, 15) is 4.79 Å². The molecule has 1 aliphatic carbocycles. The Hall–Kier alpha value is -0.770. The lowest BCUT2D eigenvalue weighted by atomic mass is 9.84. The largest absolute Gasteiger partial charge is 0.444 e. The van der Waals surface area contributed by atoms with E-state index in [1.807, 2.05) is 25.7 Å². The summed E-state index contributed by atoms with van der Waals surface area (Å²) in [6, 6.07) is 1.15. The maximum atomic E-state index is 12.2. The molecule has 134 valence electrons. The molecule has 0 radical (unpaired) electrons. The van der Waals surface area contributed by atoms with Crippen LogP contribution in [-0.4, -0.2) is 41.8 Å². The van der Waals surface area contributed by atoms with Crippen molar-refractivity contribution in [1.29, 1.82) is 0 Å². The van der Waals surface area contributed by atoms with E-state index in [0.717, 1.165) is 38.3 Å². The molecular formula is C19H36N2O2. The molecule has 1 heterocycles. The van der Waals surface area contributed by atoms with Gasteiger partial charge in [0, 0.05) is 25.2 Å². The molecule has 1 saturated heterocycles. The minimum atomic E-state index is -0.406. The topological polar surface area (TPSA) is 41.6 Å². The molecule has 4 nitrogen and oxygen atoms in total. The average Bonchev–Trinajstić information content (AvgIpc) is 2.72. The molecule has 2 rings (SSSR count). The lowest BCUT2D eigenvalue weighted by molar-refractivity contribution is 0.0256. The zero-order chi connectivity index (χ0) is 16.9. The number of rotatable bonds is 3. The van der Waals surface area contributed by atoms with Crippen molar-refractivity contribution < 1.29 is 9.53 Å². The highest BCUT2D eigenvalue weighted by atomic mass is 16.6. The molecule has 1 saturated carbocycles. The fourth-order valence-electron chi connectivity index (χ4n) is 3.91. The van der Waals surface area contributed by atoms with Crippen molar-refractivity contribution in [3.63, 3.8) is 0 Å². The molecular weight excluding hydrogens is 288 g/mol.